The SMILES string of the molecule is O=C(NCC(F)(F)CO)c1cccnc1F. The van der Waals surface area contributed by atoms with Crippen molar-refractivity contribution in [1.29, 1.82) is 0 Å². The van der Waals surface area contributed by atoms with Gasteiger partial charge in [-0.15, -0.1) is 0 Å². The fraction of sp³-hybridized carbons (Fsp3) is 0.333. The summed E-state index contributed by atoms with van der Waals surface area (Å²) < 4.78 is 38.0. The third kappa shape index (κ3) is 3.20. The van der Waals surface area contributed by atoms with Gasteiger partial charge < -0.3 is 10.4 Å². The second-order valence-electron chi connectivity index (χ2n) is 3.04. The molecule has 4 nitrogen and oxygen atoms in total. The molecule has 0 unspecified atom stereocenters. The molecule has 1 aromatic heterocycles. The van der Waals surface area contributed by atoms with Gasteiger partial charge in [-0.25, -0.2) is 13.8 Å². The fourth-order valence-corrected chi connectivity index (χ4v) is 0.916. The van der Waals surface area contributed by atoms with Crippen LogP contribution in [0.3, 0.4) is 0 Å². The molecule has 1 aromatic rings. The minimum Gasteiger partial charge on any atom is -0.390 e. The number of amides is 1. The van der Waals surface area contributed by atoms with E-state index in [-0.39, 0.29) is 0 Å². The molecule has 0 saturated carbocycles. The Bertz CT molecular complexity index is 385. The second-order valence-corrected chi connectivity index (χ2v) is 3.04. The molecule has 2 N–H and O–H groups in total. The lowest BCUT2D eigenvalue weighted by Crippen LogP contribution is -2.39. The number of pyridine rings is 1. The molecule has 0 fully saturated rings. The zero-order chi connectivity index (χ0) is 12.2. The van der Waals surface area contributed by atoms with E-state index in [1.807, 2.05) is 0 Å². The summed E-state index contributed by atoms with van der Waals surface area (Å²) in [6.07, 6.45) is 1.13. The van der Waals surface area contributed by atoms with Crippen LogP contribution in [-0.4, -0.2) is 35.1 Å². The topological polar surface area (TPSA) is 62.2 Å². The van der Waals surface area contributed by atoms with Crippen LogP contribution in [0.4, 0.5) is 13.2 Å². The Morgan fingerprint density at radius 2 is 2.25 bits per heavy atom. The smallest absolute Gasteiger partial charge is 0.287 e. The first-order chi connectivity index (χ1) is 7.46. The van der Waals surface area contributed by atoms with Crippen molar-refractivity contribution in [2.24, 2.45) is 0 Å². The quantitative estimate of drug-likeness (QED) is 0.749. The van der Waals surface area contributed by atoms with Gasteiger partial charge in [0.15, 0.2) is 0 Å². The van der Waals surface area contributed by atoms with E-state index in [1.54, 1.807) is 5.32 Å². The van der Waals surface area contributed by atoms with Crippen molar-refractivity contribution in [3.8, 4) is 0 Å². The van der Waals surface area contributed by atoms with Crippen molar-refractivity contribution < 1.29 is 23.1 Å². The standard InChI is InChI=1S/C9H9F3N2O2/c10-7-6(2-1-3-13-7)8(16)14-4-9(11,12)5-15/h1-3,15H,4-5H2,(H,14,16). The zero-order valence-corrected chi connectivity index (χ0v) is 8.08. The molecule has 1 rings (SSSR count). The second kappa shape index (κ2) is 4.93. The summed E-state index contributed by atoms with van der Waals surface area (Å²) in [5.74, 6) is -5.46. The van der Waals surface area contributed by atoms with Crippen molar-refractivity contribution in [2.75, 3.05) is 13.2 Å². The maximum Gasteiger partial charge on any atom is 0.287 e. The number of aliphatic hydroxyl groups is 1. The number of alkyl halides is 2. The van der Waals surface area contributed by atoms with Gasteiger partial charge >= 0.3 is 0 Å². The summed E-state index contributed by atoms with van der Waals surface area (Å²) in [5, 5.41) is 10.0. The Morgan fingerprint density at radius 3 is 2.81 bits per heavy atom. The number of nitrogens with zero attached hydrogens (tertiary/aromatic N) is 1. The van der Waals surface area contributed by atoms with Crippen LogP contribution in [0.2, 0.25) is 0 Å². The van der Waals surface area contributed by atoms with Gasteiger partial charge in [-0.05, 0) is 12.1 Å². The first-order valence-electron chi connectivity index (χ1n) is 4.34. The maximum atomic E-state index is 12.9. The lowest BCUT2D eigenvalue weighted by Gasteiger charge is -2.13. The molecule has 7 heteroatoms. The van der Waals surface area contributed by atoms with Gasteiger partial charge in [0.25, 0.3) is 11.8 Å². The first-order valence-corrected chi connectivity index (χ1v) is 4.34. The molecule has 0 radical (unpaired) electrons. The molecule has 1 amide bonds. The molecule has 0 aliphatic carbocycles. The highest BCUT2D eigenvalue weighted by Crippen LogP contribution is 2.10. The van der Waals surface area contributed by atoms with Gasteiger partial charge in [0.05, 0.1) is 12.1 Å². The average Bonchev–Trinajstić information content (AvgIpc) is 2.27. The number of carbonyl (C=O) groups is 1. The van der Waals surface area contributed by atoms with Crippen LogP contribution in [0.25, 0.3) is 0 Å². The highest BCUT2D eigenvalue weighted by Gasteiger charge is 2.28. The summed E-state index contributed by atoms with van der Waals surface area (Å²) >= 11 is 0. The Labute approximate surface area is 89.1 Å². The molecular formula is C9H9F3N2O2. The summed E-state index contributed by atoms with van der Waals surface area (Å²) in [6, 6.07) is 2.43. The minimum absolute atomic E-state index is 0.420. The van der Waals surface area contributed by atoms with Gasteiger partial charge in [0.2, 0.25) is 5.95 Å². The number of rotatable bonds is 4. The molecule has 0 bridgehead atoms. The minimum atomic E-state index is -3.42. The Morgan fingerprint density at radius 1 is 1.56 bits per heavy atom. The van der Waals surface area contributed by atoms with Gasteiger partial charge in [-0.1, -0.05) is 0 Å². The Kier molecular flexibility index (Phi) is 3.83. The monoisotopic (exact) mass is 234 g/mol. The highest BCUT2D eigenvalue weighted by atomic mass is 19.3. The lowest BCUT2D eigenvalue weighted by molar-refractivity contribution is -0.0462. The number of aromatic nitrogens is 1. The molecule has 16 heavy (non-hydrogen) atoms. The largest absolute Gasteiger partial charge is 0.390 e. The number of hydrogen-bond donors (Lipinski definition) is 2. The molecule has 0 aliphatic rings. The molecule has 0 aliphatic heterocycles. The summed E-state index contributed by atoms with van der Waals surface area (Å²) in [6.45, 7) is -2.44. The average molecular weight is 234 g/mol. The summed E-state index contributed by atoms with van der Waals surface area (Å²) in [7, 11) is 0. The molecule has 88 valence electrons. The van der Waals surface area contributed by atoms with Crippen LogP contribution in [-0.2, 0) is 0 Å². The molecule has 0 aromatic carbocycles. The molecule has 0 spiro atoms. The van der Waals surface area contributed by atoms with E-state index in [2.05, 4.69) is 4.98 Å². The van der Waals surface area contributed by atoms with Crippen molar-refractivity contribution >= 4 is 5.91 Å². The zero-order valence-electron chi connectivity index (χ0n) is 8.08. The normalized spacial score (nSPS) is 11.2. The van der Waals surface area contributed by atoms with Crippen LogP contribution < -0.4 is 5.32 Å². The lowest BCUT2D eigenvalue weighted by atomic mass is 10.2. The first kappa shape index (κ1) is 12.4. The summed E-state index contributed by atoms with van der Waals surface area (Å²) in [5.41, 5.74) is -0.420. The van der Waals surface area contributed by atoms with Crippen LogP contribution in [0.5, 0.6) is 0 Å². The summed E-state index contributed by atoms with van der Waals surface area (Å²) in [4.78, 5) is 14.4. The van der Waals surface area contributed by atoms with Crippen LogP contribution in [0, 0.1) is 5.95 Å². The molecule has 0 saturated heterocycles. The number of halogens is 3. The van der Waals surface area contributed by atoms with Crippen LogP contribution >= 0.6 is 0 Å². The Balaban J connectivity index is 2.64. The van der Waals surface area contributed by atoms with E-state index in [1.165, 1.54) is 6.07 Å². The van der Waals surface area contributed by atoms with Crippen LogP contribution in [0.1, 0.15) is 10.4 Å². The predicted octanol–water partition coefficient (Wildman–Crippen LogP) is 0.578. The van der Waals surface area contributed by atoms with E-state index in [4.69, 9.17) is 5.11 Å². The van der Waals surface area contributed by atoms with Crippen molar-refractivity contribution in [2.45, 2.75) is 5.92 Å². The van der Waals surface area contributed by atoms with E-state index in [0.29, 0.717) is 0 Å². The van der Waals surface area contributed by atoms with E-state index in [0.717, 1.165) is 12.3 Å². The predicted molar refractivity (Wildman–Crippen MR) is 48.6 cm³/mol. The maximum absolute atomic E-state index is 12.9. The van der Waals surface area contributed by atoms with Crippen LogP contribution in [0.15, 0.2) is 18.3 Å². The third-order valence-electron chi connectivity index (χ3n) is 1.74. The number of nitrogens with one attached hydrogen (secondary N) is 1. The highest BCUT2D eigenvalue weighted by molar-refractivity contribution is 5.94. The molecule has 1 heterocycles. The molecule has 0 atom stereocenters. The van der Waals surface area contributed by atoms with Gasteiger partial charge in [0, 0.05) is 6.20 Å². The van der Waals surface area contributed by atoms with Crippen molar-refractivity contribution in [3.05, 3.63) is 29.8 Å². The van der Waals surface area contributed by atoms with Gasteiger partial charge in [0.1, 0.15) is 6.61 Å². The number of hydrogen-bond acceptors (Lipinski definition) is 3. The van der Waals surface area contributed by atoms with E-state index >= 15 is 0 Å². The van der Waals surface area contributed by atoms with Crippen molar-refractivity contribution in [3.63, 3.8) is 0 Å². The fourth-order valence-electron chi connectivity index (χ4n) is 0.916. The van der Waals surface area contributed by atoms with E-state index in [9.17, 15) is 18.0 Å². The van der Waals surface area contributed by atoms with E-state index < -0.39 is 36.5 Å². The Hall–Kier alpha value is -1.63. The van der Waals surface area contributed by atoms with Crippen molar-refractivity contribution in [1.82, 2.24) is 10.3 Å². The molecular weight excluding hydrogens is 225 g/mol. The number of aliphatic hydroxyl groups excluding tert-OH is 1. The van der Waals surface area contributed by atoms with Gasteiger partial charge in [-0.3, -0.25) is 4.79 Å². The number of carbonyl (C=O) groups excluding carboxylic acids is 1. The third-order valence-corrected chi connectivity index (χ3v) is 1.74. The van der Waals surface area contributed by atoms with Gasteiger partial charge in [-0.2, -0.15) is 4.39 Å².